The van der Waals surface area contributed by atoms with E-state index in [1.165, 1.54) is 17.5 Å². The number of aliphatic imine (C=N–C) groups is 1. The van der Waals surface area contributed by atoms with E-state index < -0.39 is 0 Å². The van der Waals surface area contributed by atoms with Gasteiger partial charge in [0.1, 0.15) is 0 Å². The number of amides is 1. The Morgan fingerprint density at radius 2 is 1.79 bits per heavy atom. The Hall–Kier alpha value is -1.35. The van der Waals surface area contributed by atoms with Gasteiger partial charge in [-0.2, -0.15) is 0 Å². The number of carbonyl (C=O) groups is 1. The van der Waals surface area contributed by atoms with Gasteiger partial charge in [0, 0.05) is 51.7 Å². The molecule has 0 unspecified atom stereocenters. The number of hydrogen-bond donors (Lipinski definition) is 2. The van der Waals surface area contributed by atoms with Crippen LogP contribution in [-0.4, -0.2) is 67.5 Å². The predicted octanol–water partition coefficient (Wildman–Crippen LogP) is 2.61. The summed E-state index contributed by atoms with van der Waals surface area (Å²) in [6, 6.07) is 8.51. The number of carbonyl (C=O) groups excluding carboxylic acids is 1. The van der Waals surface area contributed by atoms with Crippen LogP contribution in [0.25, 0.3) is 0 Å². The molecule has 3 rings (SSSR count). The Bertz CT molecular complexity index is 652. The summed E-state index contributed by atoms with van der Waals surface area (Å²) >= 11 is 0. The number of nitrogens with one attached hydrogen (secondary N) is 2. The summed E-state index contributed by atoms with van der Waals surface area (Å²) in [5.74, 6) is 1.57. The van der Waals surface area contributed by atoms with Gasteiger partial charge in [-0.1, -0.05) is 36.2 Å². The molecule has 0 bridgehead atoms. The highest BCUT2D eigenvalue weighted by Gasteiger charge is 2.30. The molecule has 0 aromatic heterocycles. The standard InChI is InChI=1S/C22H35N5O.HI/c1-3-23-22(25-17-19-9-7-18(2)8-10-19)24-11-12-26-13-15-27(16-14-26)21(28)20-5-4-6-20;/h7-10,20H,3-6,11-17H2,1-2H3,(H2,23,24,25);1H. The molecule has 1 aromatic carbocycles. The molecule has 0 radical (unpaired) electrons. The molecule has 1 aliphatic heterocycles. The Kier molecular flexibility index (Phi) is 10.2. The van der Waals surface area contributed by atoms with Gasteiger partial charge in [0.2, 0.25) is 5.91 Å². The highest BCUT2D eigenvalue weighted by molar-refractivity contribution is 14.0. The lowest BCUT2D eigenvalue weighted by atomic mass is 9.84. The second-order valence-electron chi connectivity index (χ2n) is 7.90. The lowest BCUT2D eigenvalue weighted by molar-refractivity contribution is -0.139. The van der Waals surface area contributed by atoms with Crippen molar-refractivity contribution in [3.63, 3.8) is 0 Å². The fourth-order valence-electron chi connectivity index (χ4n) is 3.64. The average molecular weight is 513 g/mol. The number of aryl methyl sites for hydroxylation is 1. The van der Waals surface area contributed by atoms with Crippen molar-refractivity contribution in [1.82, 2.24) is 20.4 Å². The second-order valence-corrected chi connectivity index (χ2v) is 7.90. The summed E-state index contributed by atoms with van der Waals surface area (Å²) in [5.41, 5.74) is 2.49. The first-order chi connectivity index (χ1) is 13.7. The molecule has 1 saturated heterocycles. The van der Waals surface area contributed by atoms with Gasteiger partial charge in [-0.3, -0.25) is 9.69 Å². The normalized spacial score (nSPS) is 18.0. The van der Waals surface area contributed by atoms with Gasteiger partial charge in [0.15, 0.2) is 5.96 Å². The monoisotopic (exact) mass is 513 g/mol. The van der Waals surface area contributed by atoms with Crippen molar-refractivity contribution in [2.45, 2.75) is 39.7 Å². The fourth-order valence-corrected chi connectivity index (χ4v) is 3.64. The van der Waals surface area contributed by atoms with Crippen molar-refractivity contribution in [3.8, 4) is 0 Å². The molecule has 0 spiro atoms. The number of rotatable bonds is 7. The molecule has 1 amide bonds. The number of nitrogens with zero attached hydrogens (tertiary/aromatic N) is 3. The lowest BCUT2D eigenvalue weighted by Gasteiger charge is -2.38. The molecule has 2 fully saturated rings. The van der Waals surface area contributed by atoms with Crippen LogP contribution in [0.5, 0.6) is 0 Å². The third-order valence-electron chi connectivity index (χ3n) is 5.74. The van der Waals surface area contributed by atoms with Crippen LogP contribution in [0.15, 0.2) is 29.3 Å². The second kappa shape index (κ2) is 12.4. The van der Waals surface area contributed by atoms with Crippen LogP contribution in [0.2, 0.25) is 0 Å². The molecule has 1 aromatic rings. The van der Waals surface area contributed by atoms with Gasteiger partial charge < -0.3 is 15.5 Å². The van der Waals surface area contributed by atoms with E-state index >= 15 is 0 Å². The van der Waals surface area contributed by atoms with Crippen LogP contribution in [0.1, 0.15) is 37.3 Å². The van der Waals surface area contributed by atoms with Crippen molar-refractivity contribution in [2.24, 2.45) is 10.9 Å². The fraction of sp³-hybridized carbons (Fsp3) is 0.636. The first-order valence-electron chi connectivity index (χ1n) is 10.7. The van der Waals surface area contributed by atoms with Crippen LogP contribution in [0.4, 0.5) is 0 Å². The largest absolute Gasteiger partial charge is 0.357 e. The van der Waals surface area contributed by atoms with Gasteiger partial charge >= 0.3 is 0 Å². The molecule has 2 aliphatic rings. The Morgan fingerprint density at radius 1 is 1.10 bits per heavy atom. The van der Waals surface area contributed by atoms with Gasteiger partial charge in [0.25, 0.3) is 0 Å². The molecular weight excluding hydrogens is 477 g/mol. The smallest absolute Gasteiger partial charge is 0.225 e. The Labute approximate surface area is 192 Å². The summed E-state index contributed by atoms with van der Waals surface area (Å²) in [6.07, 6.45) is 3.41. The third-order valence-corrected chi connectivity index (χ3v) is 5.74. The number of guanidine groups is 1. The minimum atomic E-state index is 0. The van der Waals surface area contributed by atoms with Crippen molar-refractivity contribution >= 4 is 35.8 Å². The highest BCUT2D eigenvalue weighted by Crippen LogP contribution is 2.28. The number of halogens is 1. The van der Waals surface area contributed by atoms with E-state index in [0.29, 0.717) is 18.4 Å². The first-order valence-corrected chi connectivity index (χ1v) is 10.7. The van der Waals surface area contributed by atoms with Crippen LogP contribution in [0.3, 0.4) is 0 Å². The van der Waals surface area contributed by atoms with E-state index in [2.05, 4.69) is 63.5 Å². The predicted molar refractivity (Wildman–Crippen MR) is 130 cm³/mol. The van der Waals surface area contributed by atoms with E-state index in [4.69, 9.17) is 0 Å². The number of hydrogen-bond acceptors (Lipinski definition) is 3. The zero-order chi connectivity index (χ0) is 19.8. The van der Waals surface area contributed by atoms with E-state index in [1.807, 2.05) is 0 Å². The van der Waals surface area contributed by atoms with E-state index in [-0.39, 0.29) is 24.0 Å². The maximum atomic E-state index is 12.3. The number of benzene rings is 1. The molecular formula is C22H36IN5O. The molecule has 29 heavy (non-hydrogen) atoms. The van der Waals surface area contributed by atoms with Crippen molar-refractivity contribution in [3.05, 3.63) is 35.4 Å². The van der Waals surface area contributed by atoms with E-state index in [0.717, 1.165) is 64.6 Å². The zero-order valence-corrected chi connectivity index (χ0v) is 20.2. The van der Waals surface area contributed by atoms with Crippen LogP contribution >= 0.6 is 24.0 Å². The van der Waals surface area contributed by atoms with Gasteiger partial charge in [-0.05, 0) is 32.3 Å². The van der Waals surface area contributed by atoms with Gasteiger partial charge in [-0.25, -0.2) is 4.99 Å². The summed E-state index contributed by atoms with van der Waals surface area (Å²) in [6.45, 7) is 11.2. The molecule has 162 valence electrons. The summed E-state index contributed by atoms with van der Waals surface area (Å²) in [5, 5.41) is 6.75. The van der Waals surface area contributed by atoms with Gasteiger partial charge in [-0.15, -0.1) is 24.0 Å². The minimum Gasteiger partial charge on any atom is -0.357 e. The van der Waals surface area contributed by atoms with Crippen LogP contribution < -0.4 is 10.6 Å². The molecule has 1 aliphatic carbocycles. The summed E-state index contributed by atoms with van der Waals surface area (Å²) in [4.78, 5) is 21.5. The SMILES string of the molecule is CCNC(=NCc1ccc(C)cc1)NCCN1CCN(C(=O)C2CCC2)CC1.I. The van der Waals surface area contributed by atoms with E-state index in [9.17, 15) is 4.79 Å². The molecule has 1 heterocycles. The van der Waals surface area contributed by atoms with Crippen molar-refractivity contribution in [2.75, 3.05) is 45.8 Å². The highest BCUT2D eigenvalue weighted by atomic mass is 127. The van der Waals surface area contributed by atoms with Gasteiger partial charge in [0.05, 0.1) is 6.54 Å². The first kappa shape index (κ1) is 23.9. The molecule has 0 atom stereocenters. The van der Waals surface area contributed by atoms with Crippen molar-refractivity contribution in [1.29, 1.82) is 0 Å². The topological polar surface area (TPSA) is 60.0 Å². The number of piperazine rings is 1. The third kappa shape index (κ3) is 7.44. The Morgan fingerprint density at radius 3 is 2.38 bits per heavy atom. The summed E-state index contributed by atoms with van der Waals surface area (Å²) < 4.78 is 0. The van der Waals surface area contributed by atoms with E-state index in [1.54, 1.807) is 0 Å². The average Bonchev–Trinajstić information content (AvgIpc) is 2.66. The Balaban J connectivity index is 0.00000300. The molecule has 2 N–H and O–H groups in total. The maximum absolute atomic E-state index is 12.3. The minimum absolute atomic E-state index is 0. The maximum Gasteiger partial charge on any atom is 0.225 e. The quantitative estimate of drug-likeness (QED) is 0.335. The zero-order valence-electron chi connectivity index (χ0n) is 17.8. The van der Waals surface area contributed by atoms with Crippen molar-refractivity contribution < 1.29 is 4.79 Å². The summed E-state index contributed by atoms with van der Waals surface area (Å²) in [7, 11) is 0. The molecule has 1 saturated carbocycles. The molecule has 6 nitrogen and oxygen atoms in total. The molecule has 7 heteroatoms. The lowest BCUT2D eigenvalue weighted by Crippen LogP contribution is -2.52. The van der Waals surface area contributed by atoms with Crippen LogP contribution in [-0.2, 0) is 11.3 Å². The van der Waals surface area contributed by atoms with Crippen LogP contribution in [0, 0.1) is 12.8 Å².